The molecule has 0 aliphatic rings. The molecule has 0 saturated carbocycles. The van der Waals surface area contributed by atoms with Crippen LogP contribution in [-0.4, -0.2) is 27.1 Å². The van der Waals surface area contributed by atoms with Crippen molar-refractivity contribution in [1.82, 2.24) is 15.3 Å². The molecule has 0 saturated heterocycles. The van der Waals surface area contributed by atoms with E-state index < -0.39 is 12.0 Å². The highest BCUT2D eigenvalue weighted by molar-refractivity contribution is 6.00. The van der Waals surface area contributed by atoms with Gasteiger partial charge in [0.15, 0.2) is 0 Å². The monoisotopic (exact) mass is 286 g/mol. The van der Waals surface area contributed by atoms with Crippen molar-refractivity contribution in [1.29, 1.82) is 0 Å². The van der Waals surface area contributed by atoms with Crippen LogP contribution in [0.15, 0.2) is 36.8 Å². The van der Waals surface area contributed by atoms with Crippen molar-refractivity contribution in [3.8, 4) is 0 Å². The van der Waals surface area contributed by atoms with Gasteiger partial charge in [0, 0.05) is 6.20 Å². The zero-order valence-electron chi connectivity index (χ0n) is 11.3. The van der Waals surface area contributed by atoms with E-state index in [0.717, 1.165) is 0 Å². The number of aryl methyl sites for hydroxylation is 1. The molecule has 0 unspecified atom stereocenters. The summed E-state index contributed by atoms with van der Waals surface area (Å²) in [5, 5.41) is 14.3. The van der Waals surface area contributed by atoms with Crippen LogP contribution in [0, 0.1) is 6.92 Å². The number of aromatic nitrogens is 2. The van der Waals surface area contributed by atoms with E-state index in [1.165, 1.54) is 12.4 Å². The van der Waals surface area contributed by atoms with Crippen LogP contribution in [0.4, 0.5) is 10.5 Å². The van der Waals surface area contributed by atoms with Gasteiger partial charge < -0.3 is 15.7 Å². The Morgan fingerprint density at radius 1 is 1.29 bits per heavy atom. The largest absolute Gasteiger partial charge is 0.478 e. The van der Waals surface area contributed by atoms with Gasteiger partial charge in [0.1, 0.15) is 6.33 Å². The number of urea groups is 1. The number of hydrogen-bond acceptors (Lipinski definition) is 4. The number of nitrogens with one attached hydrogen (secondary N) is 2. The van der Waals surface area contributed by atoms with Gasteiger partial charge >= 0.3 is 12.0 Å². The number of carboxylic acids is 1. The number of carboxylic acid groups (broad SMARTS) is 1. The molecule has 7 heteroatoms. The third kappa shape index (κ3) is 3.75. The van der Waals surface area contributed by atoms with Gasteiger partial charge in [-0.05, 0) is 24.6 Å². The van der Waals surface area contributed by atoms with E-state index in [1.54, 1.807) is 31.3 Å². The predicted octanol–water partition coefficient (Wildman–Crippen LogP) is 1.80. The van der Waals surface area contributed by atoms with E-state index in [9.17, 15) is 9.59 Å². The fraction of sp³-hybridized carbons (Fsp3) is 0.143. The highest BCUT2D eigenvalue weighted by Gasteiger charge is 2.14. The zero-order chi connectivity index (χ0) is 15.2. The quantitative estimate of drug-likeness (QED) is 0.795. The van der Waals surface area contributed by atoms with Gasteiger partial charge in [-0.15, -0.1) is 0 Å². The summed E-state index contributed by atoms with van der Waals surface area (Å²) < 4.78 is 0. The molecule has 7 nitrogen and oxygen atoms in total. The molecule has 0 radical (unpaired) electrons. The fourth-order valence-electron chi connectivity index (χ4n) is 1.76. The van der Waals surface area contributed by atoms with E-state index in [-0.39, 0.29) is 17.8 Å². The van der Waals surface area contributed by atoms with Gasteiger partial charge in [-0.25, -0.2) is 19.6 Å². The Bertz CT molecular complexity index is 659. The van der Waals surface area contributed by atoms with Crippen molar-refractivity contribution >= 4 is 17.7 Å². The summed E-state index contributed by atoms with van der Waals surface area (Å²) in [6, 6.07) is 5.98. The molecule has 0 aliphatic carbocycles. The first-order valence-electron chi connectivity index (χ1n) is 6.20. The number of rotatable bonds is 4. The number of para-hydroxylation sites is 1. The molecule has 21 heavy (non-hydrogen) atoms. The lowest BCUT2D eigenvalue weighted by Gasteiger charge is -2.12. The first-order valence-corrected chi connectivity index (χ1v) is 6.20. The highest BCUT2D eigenvalue weighted by Crippen LogP contribution is 2.20. The van der Waals surface area contributed by atoms with Crippen LogP contribution in [-0.2, 0) is 6.54 Å². The lowest BCUT2D eigenvalue weighted by atomic mass is 10.1. The van der Waals surface area contributed by atoms with Crippen LogP contribution in [0.3, 0.4) is 0 Å². The van der Waals surface area contributed by atoms with Gasteiger partial charge in [0.05, 0.1) is 23.5 Å². The lowest BCUT2D eigenvalue weighted by molar-refractivity contribution is 0.0698. The topological polar surface area (TPSA) is 104 Å². The van der Waals surface area contributed by atoms with E-state index in [2.05, 4.69) is 20.6 Å². The highest BCUT2D eigenvalue weighted by atomic mass is 16.4. The number of nitrogens with zero attached hydrogens (tertiary/aromatic N) is 2. The van der Waals surface area contributed by atoms with Crippen molar-refractivity contribution in [3.05, 3.63) is 53.6 Å². The summed E-state index contributed by atoms with van der Waals surface area (Å²) >= 11 is 0. The smallest absolute Gasteiger partial charge is 0.337 e. The summed E-state index contributed by atoms with van der Waals surface area (Å²) in [7, 11) is 0. The Labute approximate surface area is 121 Å². The Hall–Kier alpha value is -2.96. The minimum Gasteiger partial charge on any atom is -0.478 e. The molecular formula is C14H14N4O3. The summed E-state index contributed by atoms with van der Waals surface area (Å²) in [6.45, 7) is 1.95. The maximum Gasteiger partial charge on any atom is 0.337 e. The van der Waals surface area contributed by atoms with Crippen LogP contribution in [0.2, 0.25) is 0 Å². The SMILES string of the molecule is Cc1cccc(C(=O)O)c1NC(=O)NCc1ccncn1. The third-order valence-corrected chi connectivity index (χ3v) is 2.82. The van der Waals surface area contributed by atoms with E-state index in [0.29, 0.717) is 11.3 Å². The molecule has 0 fully saturated rings. The molecule has 0 spiro atoms. The molecule has 108 valence electrons. The van der Waals surface area contributed by atoms with Crippen LogP contribution in [0.25, 0.3) is 0 Å². The second-order valence-corrected chi connectivity index (χ2v) is 4.31. The number of carbonyl (C=O) groups is 2. The Morgan fingerprint density at radius 2 is 2.10 bits per heavy atom. The van der Waals surface area contributed by atoms with Gasteiger partial charge in [0.2, 0.25) is 0 Å². The van der Waals surface area contributed by atoms with Crippen molar-refractivity contribution in [2.24, 2.45) is 0 Å². The number of benzene rings is 1. The molecule has 2 aromatic rings. The molecular weight excluding hydrogens is 272 g/mol. The second kappa shape index (κ2) is 6.47. The molecule has 1 aromatic heterocycles. The van der Waals surface area contributed by atoms with Gasteiger partial charge in [-0.3, -0.25) is 0 Å². The minimum absolute atomic E-state index is 0.0483. The van der Waals surface area contributed by atoms with Gasteiger partial charge in [-0.1, -0.05) is 12.1 Å². The van der Waals surface area contributed by atoms with E-state index in [4.69, 9.17) is 5.11 Å². The van der Waals surface area contributed by atoms with Crippen molar-refractivity contribution < 1.29 is 14.7 Å². The van der Waals surface area contributed by atoms with Crippen LogP contribution in [0.5, 0.6) is 0 Å². The van der Waals surface area contributed by atoms with E-state index >= 15 is 0 Å². The normalized spacial score (nSPS) is 9.95. The summed E-state index contributed by atoms with van der Waals surface area (Å²) in [5.41, 5.74) is 1.66. The molecule has 0 aliphatic heterocycles. The van der Waals surface area contributed by atoms with Gasteiger partial charge in [0.25, 0.3) is 0 Å². The predicted molar refractivity (Wildman–Crippen MR) is 76.0 cm³/mol. The van der Waals surface area contributed by atoms with Crippen molar-refractivity contribution in [2.75, 3.05) is 5.32 Å². The summed E-state index contributed by atoms with van der Waals surface area (Å²) in [4.78, 5) is 30.8. The number of carbonyl (C=O) groups excluding carboxylic acids is 1. The third-order valence-electron chi connectivity index (χ3n) is 2.82. The molecule has 3 N–H and O–H groups in total. The van der Waals surface area contributed by atoms with Crippen LogP contribution < -0.4 is 10.6 Å². The van der Waals surface area contributed by atoms with Crippen LogP contribution in [0.1, 0.15) is 21.6 Å². The second-order valence-electron chi connectivity index (χ2n) is 4.31. The molecule has 1 heterocycles. The number of amides is 2. The lowest BCUT2D eigenvalue weighted by Crippen LogP contribution is -2.29. The Kier molecular flexibility index (Phi) is 4.45. The Morgan fingerprint density at radius 3 is 2.76 bits per heavy atom. The summed E-state index contributed by atoms with van der Waals surface area (Å²) in [5.74, 6) is -1.09. The minimum atomic E-state index is -1.09. The zero-order valence-corrected chi connectivity index (χ0v) is 11.3. The molecule has 0 atom stereocenters. The van der Waals surface area contributed by atoms with Crippen LogP contribution >= 0.6 is 0 Å². The number of aromatic carboxylic acids is 1. The van der Waals surface area contributed by atoms with Crippen molar-refractivity contribution in [3.63, 3.8) is 0 Å². The van der Waals surface area contributed by atoms with Gasteiger partial charge in [-0.2, -0.15) is 0 Å². The average molecular weight is 286 g/mol. The maximum absolute atomic E-state index is 11.9. The summed E-state index contributed by atoms with van der Waals surface area (Å²) in [6.07, 6.45) is 2.96. The molecule has 2 amide bonds. The first-order chi connectivity index (χ1) is 10.1. The maximum atomic E-state index is 11.9. The first kappa shape index (κ1) is 14.4. The molecule has 0 bridgehead atoms. The van der Waals surface area contributed by atoms with E-state index in [1.807, 2.05) is 0 Å². The standard InChI is InChI=1S/C14H14N4O3/c1-9-3-2-4-11(13(19)20)12(9)18-14(21)16-7-10-5-6-15-8-17-10/h2-6,8H,7H2,1H3,(H,19,20)(H2,16,18,21). The number of hydrogen-bond donors (Lipinski definition) is 3. The molecule has 1 aromatic carbocycles. The average Bonchev–Trinajstić information content (AvgIpc) is 2.48. The van der Waals surface area contributed by atoms with Crippen molar-refractivity contribution in [2.45, 2.75) is 13.5 Å². The molecule has 2 rings (SSSR count). The Balaban J connectivity index is 2.05. The fourth-order valence-corrected chi connectivity index (χ4v) is 1.76. The number of anilines is 1.